The number of alkyl halides is 3. The molecule has 8 heteroatoms. The number of nitrogens with one attached hydrogen (secondary N) is 1. The number of aryl methyl sites for hydroxylation is 1. The van der Waals surface area contributed by atoms with Crippen molar-refractivity contribution in [3.05, 3.63) is 41.1 Å². The summed E-state index contributed by atoms with van der Waals surface area (Å²) in [5, 5.41) is 3.18. The normalized spacial score (nSPS) is 12.1. The molecule has 0 atom stereocenters. The molecule has 130 valence electrons. The van der Waals surface area contributed by atoms with E-state index < -0.39 is 23.3 Å². The number of ether oxygens (including phenoxy) is 1. The fraction of sp³-hybridized carbons (Fsp3) is 0.375. The van der Waals surface area contributed by atoms with Gasteiger partial charge in [-0.1, -0.05) is 6.07 Å². The standard InChI is InChI=1S/C16H17F3N2O2S/c1-9-12(14(22)23-15(2,3)4)13(24-21-9)20-11-7-5-6-10(8-11)16(17,18)19/h5-8,20H,1-4H3. The Bertz CT molecular complexity index is 749. The summed E-state index contributed by atoms with van der Waals surface area (Å²) in [4.78, 5) is 12.3. The largest absolute Gasteiger partial charge is 0.456 e. The first kappa shape index (κ1) is 18.3. The molecule has 0 bridgehead atoms. The minimum atomic E-state index is -4.44. The molecular weight excluding hydrogens is 341 g/mol. The minimum Gasteiger partial charge on any atom is -0.456 e. The van der Waals surface area contributed by atoms with E-state index in [0.29, 0.717) is 10.7 Å². The van der Waals surface area contributed by atoms with Crippen LogP contribution in [0.4, 0.5) is 23.9 Å². The quantitative estimate of drug-likeness (QED) is 0.769. The minimum absolute atomic E-state index is 0.221. The highest BCUT2D eigenvalue weighted by Gasteiger charge is 2.31. The van der Waals surface area contributed by atoms with Crippen molar-refractivity contribution in [2.45, 2.75) is 39.5 Å². The Hall–Kier alpha value is -2.09. The summed E-state index contributed by atoms with van der Waals surface area (Å²) >= 11 is 0.995. The van der Waals surface area contributed by atoms with Crippen molar-refractivity contribution in [3.63, 3.8) is 0 Å². The highest BCUT2D eigenvalue weighted by Crippen LogP contribution is 2.33. The van der Waals surface area contributed by atoms with Crippen LogP contribution in [0.15, 0.2) is 24.3 Å². The molecule has 24 heavy (non-hydrogen) atoms. The smallest absolute Gasteiger partial charge is 0.416 e. The maximum absolute atomic E-state index is 12.8. The highest BCUT2D eigenvalue weighted by molar-refractivity contribution is 7.10. The Morgan fingerprint density at radius 3 is 2.50 bits per heavy atom. The van der Waals surface area contributed by atoms with Gasteiger partial charge in [-0.15, -0.1) is 0 Å². The van der Waals surface area contributed by atoms with Crippen LogP contribution >= 0.6 is 11.5 Å². The zero-order chi connectivity index (χ0) is 18.1. The lowest BCUT2D eigenvalue weighted by molar-refractivity contribution is -0.137. The number of carbonyl (C=O) groups is 1. The van der Waals surface area contributed by atoms with Crippen LogP contribution in [0.5, 0.6) is 0 Å². The third kappa shape index (κ3) is 4.47. The zero-order valence-corrected chi connectivity index (χ0v) is 14.4. The summed E-state index contributed by atoms with van der Waals surface area (Å²) < 4.78 is 47.8. The van der Waals surface area contributed by atoms with Gasteiger partial charge in [-0.05, 0) is 57.4 Å². The second-order valence-electron chi connectivity index (χ2n) is 6.18. The topological polar surface area (TPSA) is 51.2 Å². The molecule has 0 aliphatic carbocycles. The van der Waals surface area contributed by atoms with Gasteiger partial charge in [-0.3, -0.25) is 0 Å². The number of hydrogen-bond acceptors (Lipinski definition) is 5. The van der Waals surface area contributed by atoms with E-state index in [2.05, 4.69) is 9.69 Å². The van der Waals surface area contributed by atoms with Gasteiger partial charge in [-0.25, -0.2) is 4.79 Å². The van der Waals surface area contributed by atoms with E-state index in [-0.39, 0.29) is 11.3 Å². The van der Waals surface area contributed by atoms with Crippen LogP contribution in [0.2, 0.25) is 0 Å². The lowest BCUT2D eigenvalue weighted by atomic mass is 10.1. The number of benzene rings is 1. The Balaban J connectivity index is 2.30. The van der Waals surface area contributed by atoms with Gasteiger partial charge in [0.25, 0.3) is 0 Å². The van der Waals surface area contributed by atoms with Crippen LogP contribution in [-0.4, -0.2) is 15.9 Å². The molecular formula is C16H17F3N2O2S. The van der Waals surface area contributed by atoms with Crippen LogP contribution < -0.4 is 5.32 Å². The molecule has 1 aromatic carbocycles. The van der Waals surface area contributed by atoms with E-state index in [0.717, 1.165) is 23.7 Å². The highest BCUT2D eigenvalue weighted by atomic mass is 32.1. The molecule has 1 aromatic heterocycles. The number of hydrogen-bond donors (Lipinski definition) is 1. The van der Waals surface area contributed by atoms with Gasteiger partial charge in [0.1, 0.15) is 16.2 Å². The molecule has 1 heterocycles. The lowest BCUT2D eigenvalue weighted by Crippen LogP contribution is -2.24. The Labute approximate surface area is 141 Å². The third-order valence-electron chi connectivity index (χ3n) is 2.91. The molecule has 0 amide bonds. The molecule has 0 saturated carbocycles. The van der Waals surface area contributed by atoms with Crippen molar-refractivity contribution in [3.8, 4) is 0 Å². The van der Waals surface area contributed by atoms with Crippen molar-refractivity contribution in [2.24, 2.45) is 0 Å². The average molecular weight is 358 g/mol. The van der Waals surface area contributed by atoms with Gasteiger partial charge in [0, 0.05) is 5.69 Å². The Kier molecular flexibility index (Phi) is 4.89. The van der Waals surface area contributed by atoms with Crippen LogP contribution in [0.3, 0.4) is 0 Å². The van der Waals surface area contributed by atoms with Gasteiger partial charge >= 0.3 is 12.1 Å². The van der Waals surface area contributed by atoms with E-state index in [1.54, 1.807) is 27.7 Å². The Morgan fingerprint density at radius 1 is 1.25 bits per heavy atom. The SMILES string of the molecule is Cc1nsc(Nc2cccc(C(F)(F)F)c2)c1C(=O)OC(C)(C)C. The molecule has 1 N–H and O–H groups in total. The van der Waals surface area contributed by atoms with Gasteiger partial charge < -0.3 is 10.1 Å². The molecule has 2 rings (SSSR count). The number of halogens is 3. The van der Waals surface area contributed by atoms with Crippen molar-refractivity contribution in [2.75, 3.05) is 5.32 Å². The fourth-order valence-corrected chi connectivity index (χ4v) is 2.73. The van der Waals surface area contributed by atoms with Crippen molar-refractivity contribution in [1.29, 1.82) is 0 Å². The molecule has 4 nitrogen and oxygen atoms in total. The number of aromatic nitrogens is 1. The predicted molar refractivity (Wildman–Crippen MR) is 86.7 cm³/mol. The summed E-state index contributed by atoms with van der Waals surface area (Å²) in [6.45, 7) is 6.85. The Morgan fingerprint density at radius 2 is 1.92 bits per heavy atom. The van der Waals surface area contributed by atoms with Crippen molar-refractivity contribution in [1.82, 2.24) is 4.37 Å². The fourth-order valence-electron chi connectivity index (χ4n) is 1.93. The first-order valence-electron chi connectivity index (χ1n) is 7.11. The molecule has 0 spiro atoms. The molecule has 0 aliphatic rings. The molecule has 0 aliphatic heterocycles. The predicted octanol–water partition coefficient (Wildman–Crippen LogP) is 5.17. The van der Waals surface area contributed by atoms with E-state index >= 15 is 0 Å². The summed E-state index contributed by atoms with van der Waals surface area (Å²) in [6.07, 6.45) is -4.44. The van der Waals surface area contributed by atoms with Gasteiger partial charge in [0.15, 0.2) is 0 Å². The first-order chi connectivity index (χ1) is 11.0. The maximum Gasteiger partial charge on any atom is 0.416 e. The molecule has 2 aromatic rings. The van der Waals surface area contributed by atoms with E-state index in [1.807, 2.05) is 0 Å². The second-order valence-corrected chi connectivity index (χ2v) is 6.95. The molecule has 0 fully saturated rings. The summed E-state index contributed by atoms with van der Waals surface area (Å²) in [6, 6.07) is 4.75. The van der Waals surface area contributed by atoms with Gasteiger partial charge in [0.05, 0.1) is 11.3 Å². The number of anilines is 2. The van der Waals surface area contributed by atoms with Gasteiger partial charge in [-0.2, -0.15) is 17.5 Å². The summed E-state index contributed by atoms with van der Waals surface area (Å²) in [7, 11) is 0. The first-order valence-corrected chi connectivity index (χ1v) is 7.88. The maximum atomic E-state index is 12.8. The third-order valence-corrected chi connectivity index (χ3v) is 3.77. The van der Waals surface area contributed by atoms with E-state index in [4.69, 9.17) is 4.74 Å². The average Bonchev–Trinajstić information content (AvgIpc) is 2.77. The van der Waals surface area contributed by atoms with Crippen LogP contribution in [0, 0.1) is 6.92 Å². The lowest BCUT2D eigenvalue weighted by Gasteiger charge is -2.19. The number of esters is 1. The number of nitrogens with zero attached hydrogens (tertiary/aromatic N) is 1. The summed E-state index contributed by atoms with van der Waals surface area (Å²) in [5.74, 6) is -0.566. The van der Waals surface area contributed by atoms with E-state index in [1.165, 1.54) is 12.1 Å². The van der Waals surface area contributed by atoms with Gasteiger partial charge in [0.2, 0.25) is 0 Å². The number of carbonyl (C=O) groups excluding carboxylic acids is 1. The zero-order valence-electron chi connectivity index (χ0n) is 13.6. The van der Waals surface area contributed by atoms with Crippen LogP contribution in [0.25, 0.3) is 0 Å². The van der Waals surface area contributed by atoms with Crippen molar-refractivity contribution < 1.29 is 22.7 Å². The van der Waals surface area contributed by atoms with Crippen LogP contribution in [-0.2, 0) is 10.9 Å². The molecule has 0 unspecified atom stereocenters. The molecule has 0 saturated heterocycles. The van der Waals surface area contributed by atoms with Crippen molar-refractivity contribution >= 4 is 28.2 Å². The second kappa shape index (κ2) is 6.43. The molecule has 0 radical (unpaired) electrons. The summed E-state index contributed by atoms with van der Waals surface area (Å²) in [5.41, 5.74) is -0.541. The number of rotatable bonds is 3. The monoisotopic (exact) mass is 358 g/mol. The van der Waals surface area contributed by atoms with E-state index in [9.17, 15) is 18.0 Å². The van der Waals surface area contributed by atoms with Crippen LogP contribution in [0.1, 0.15) is 42.4 Å².